The summed E-state index contributed by atoms with van der Waals surface area (Å²) in [5.74, 6) is 0.326. The zero-order valence-corrected chi connectivity index (χ0v) is 9.89. The number of hydrogen-bond donors (Lipinski definition) is 1. The maximum Gasteiger partial charge on any atom is 0.140 e. The Morgan fingerprint density at radius 2 is 2.00 bits per heavy atom. The molecule has 1 aromatic heterocycles. The number of nitrogens with zero attached hydrogens (tertiary/aromatic N) is 2. The molecule has 0 fully saturated rings. The molecule has 0 spiro atoms. The van der Waals surface area contributed by atoms with E-state index in [-0.39, 0.29) is 5.82 Å². The Morgan fingerprint density at radius 3 is 2.53 bits per heavy atom. The van der Waals surface area contributed by atoms with Gasteiger partial charge in [-0.3, -0.25) is 0 Å². The maximum absolute atomic E-state index is 12.8. The highest BCUT2D eigenvalue weighted by Crippen LogP contribution is 2.23. The molecule has 1 N–H and O–H groups in total. The van der Waals surface area contributed by atoms with E-state index in [4.69, 9.17) is 0 Å². The van der Waals surface area contributed by atoms with Crippen molar-refractivity contribution >= 4 is 0 Å². The number of aromatic nitrogens is 2. The van der Waals surface area contributed by atoms with Crippen LogP contribution in [0.4, 0.5) is 4.39 Å². The molecule has 2 rings (SSSR count). The number of rotatable bonds is 3. The Kier molecular flexibility index (Phi) is 2.98. The lowest BCUT2D eigenvalue weighted by atomic mass is 9.95. The minimum absolute atomic E-state index is 0.273. The average molecular weight is 234 g/mol. The summed E-state index contributed by atoms with van der Waals surface area (Å²) in [6.07, 6.45) is 3.83. The second kappa shape index (κ2) is 4.30. The average Bonchev–Trinajstić information content (AvgIpc) is 2.68. The Balaban J connectivity index is 2.23. The SMILES string of the molecule is Cn1ccnc1C(C)(O)Cc1ccc(F)cc1. The summed E-state index contributed by atoms with van der Waals surface area (Å²) in [5.41, 5.74) is -0.185. The number of aryl methyl sites for hydroxylation is 1. The maximum atomic E-state index is 12.8. The fourth-order valence-electron chi connectivity index (χ4n) is 1.96. The quantitative estimate of drug-likeness (QED) is 0.882. The van der Waals surface area contributed by atoms with Crippen LogP contribution >= 0.6 is 0 Å². The van der Waals surface area contributed by atoms with Crippen LogP contribution in [0.3, 0.4) is 0 Å². The highest BCUT2D eigenvalue weighted by atomic mass is 19.1. The van der Waals surface area contributed by atoms with E-state index in [1.165, 1.54) is 12.1 Å². The first-order valence-electron chi connectivity index (χ1n) is 5.44. The number of hydrogen-bond acceptors (Lipinski definition) is 2. The van der Waals surface area contributed by atoms with Gasteiger partial charge in [-0.25, -0.2) is 9.37 Å². The van der Waals surface area contributed by atoms with Crippen molar-refractivity contribution in [3.05, 3.63) is 53.9 Å². The van der Waals surface area contributed by atoms with Crippen LogP contribution in [0.25, 0.3) is 0 Å². The van der Waals surface area contributed by atoms with Crippen LogP contribution in [0.1, 0.15) is 18.3 Å². The van der Waals surface area contributed by atoms with Crippen molar-refractivity contribution in [2.24, 2.45) is 7.05 Å². The van der Waals surface area contributed by atoms with Crippen LogP contribution in [-0.4, -0.2) is 14.7 Å². The predicted octanol–water partition coefficient (Wildman–Crippen LogP) is 2.01. The van der Waals surface area contributed by atoms with E-state index in [0.29, 0.717) is 12.2 Å². The third-order valence-electron chi connectivity index (χ3n) is 2.76. The minimum Gasteiger partial charge on any atom is -0.382 e. The molecule has 0 saturated carbocycles. The van der Waals surface area contributed by atoms with Crippen LogP contribution in [0.15, 0.2) is 36.7 Å². The van der Waals surface area contributed by atoms with Gasteiger partial charge in [0.2, 0.25) is 0 Å². The van der Waals surface area contributed by atoms with E-state index >= 15 is 0 Å². The second-order valence-electron chi connectivity index (χ2n) is 4.44. The molecular weight excluding hydrogens is 219 g/mol. The van der Waals surface area contributed by atoms with Gasteiger partial charge in [0.25, 0.3) is 0 Å². The molecule has 0 bridgehead atoms. The number of imidazole rings is 1. The molecule has 90 valence electrons. The Morgan fingerprint density at radius 1 is 1.35 bits per heavy atom. The first kappa shape index (κ1) is 11.8. The molecule has 1 heterocycles. The van der Waals surface area contributed by atoms with Gasteiger partial charge >= 0.3 is 0 Å². The molecule has 3 nitrogen and oxygen atoms in total. The predicted molar refractivity (Wildman–Crippen MR) is 62.9 cm³/mol. The van der Waals surface area contributed by atoms with E-state index in [1.54, 1.807) is 36.0 Å². The van der Waals surface area contributed by atoms with Crippen molar-refractivity contribution in [2.45, 2.75) is 18.9 Å². The molecule has 0 aliphatic rings. The molecule has 1 aromatic carbocycles. The van der Waals surface area contributed by atoms with Gasteiger partial charge in [-0.05, 0) is 24.6 Å². The smallest absolute Gasteiger partial charge is 0.140 e. The molecule has 2 aromatic rings. The molecule has 0 radical (unpaired) electrons. The van der Waals surface area contributed by atoms with Crippen molar-refractivity contribution < 1.29 is 9.50 Å². The van der Waals surface area contributed by atoms with E-state index in [1.807, 2.05) is 7.05 Å². The van der Waals surface area contributed by atoms with Gasteiger partial charge in [-0.15, -0.1) is 0 Å². The highest BCUT2D eigenvalue weighted by Gasteiger charge is 2.27. The van der Waals surface area contributed by atoms with E-state index in [2.05, 4.69) is 4.98 Å². The van der Waals surface area contributed by atoms with Gasteiger partial charge in [0.15, 0.2) is 0 Å². The fraction of sp³-hybridized carbons (Fsp3) is 0.308. The van der Waals surface area contributed by atoms with Gasteiger partial charge in [0.1, 0.15) is 17.2 Å². The van der Waals surface area contributed by atoms with E-state index in [9.17, 15) is 9.50 Å². The molecule has 4 heteroatoms. The van der Waals surface area contributed by atoms with Gasteiger partial charge in [0.05, 0.1) is 0 Å². The number of aliphatic hydroxyl groups is 1. The lowest BCUT2D eigenvalue weighted by Gasteiger charge is -2.22. The van der Waals surface area contributed by atoms with Crippen molar-refractivity contribution in [1.82, 2.24) is 9.55 Å². The van der Waals surface area contributed by atoms with Gasteiger partial charge in [-0.1, -0.05) is 12.1 Å². The number of halogens is 1. The summed E-state index contributed by atoms with van der Waals surface area (Å²) in [6.45, 7) is 1.71. The fourth-order valence-corrected chi connectivity index (χ4v) is 1.96. The molecule has 0 saturated heterocycles. The normalized spacial score (nSPS) is 14.6. The summed E-state index contributed by atoms with van der Waals surface area (Å²) < 4.78 is 14.6. The summed E-state index contributed by atoms with van der Waals surface area (Å²) in [6, 6.07) is 6.13. The molecule has 1 unspecified atom stereocenters. The lowest BCUT2D eigenvalue weighted by Crippen LogP contribution is -2.28. The van der Waals surface area contributed by atoms with E-state index < -0.39 is 5.60 Å². The van der Waals surface area contributed by atoms with Gasteiger partial charge in [-0.2, -0.15) is 0 Å². The largest absolute Gasteiger partial charge is 0.382 e. The van der Waals surface area contributed by atoms with Crippen LogP contribution < -0.4 is 0 Å². The minimum atomic E-state index is -1.06. The van der Waals surface area contributed by atoms with Crippen LogP contribution in [0.5, 0.6) is 0 Å². The summed E-state index contributed by atoms with van der Waals surface area (Å²) in [7, 11) is 1.83. The van der Waals surface area contributed by atoms with Crippen molar-refractivity contribution in [3.63, 3.8) is 0 Å². The number of benzene rings is 1. The standard InChI is InChI=1S/C13H15FN2O/c1-13(17,12-15-7-8-16(12)2)9-10-3-5-11(14)6-4-10/h3-8,17H,9H2,1-2H3. The summed E-state index contributed by atoms with van der Waals surface area (Å²) >= 11 is 0. The summed E-state index contributed by atoms with van der Waals surface area (Å²) in [4.78, 5) is 4.14. The Bertz CT molecular complexity index is 502. The topological polar surface area (TPSA) is 38.0 Å². The first-order chi connectivity index (χ1) is 7.99. The zero-order valence-electron chi connectivity index (χ0n) is 9.89. The van der Waals surface area contributed by atoms with Crippen LogP contribution in [0, 0.1) is 5.82 Å². The van der Waals surface area contributed by atoms with E-state index in [0.717, 1.165) is 5.56 Å². The van der Waals surface area contributed by atoms with Crippen LogP contribution in [-0.2, 0) is 19.1 Å². The molecule has 0 aliphatic heterocycles. The monoisotopic (exact) mass is 234 g/mol. The zero-order chi connectivity index (χ0) is 12.5. The first-order valence-corrected chi connectivity index (χ1v) is 5.44. The van der Waals surface area contributed by atoms with Crippen molar-refractivity contribution in [1.29, 1.82) is 0 Å². The second-order valence-corrected chi connectivity index (χ2v) is 4.44. The third kappa shape index (κ3) is 2.53. The third-order valence-corrected chi connectivity index (χ3v) is 2.76. The Hall–Kier alpha value is -1.68. The molecular formula is C13H15FN2O. The van der Waals surface area contributed by atoms with Crippen molar-refractivity contribution in [3.8, 4) is 0 Å². The van der Waals surface area contributed by atoms with Crippen molar-refractivity contribution in [2.75, 3.05) is 0 Å². The lowest BCUT2D eigenvalue weighted by molar-refractivity contribution is 0.0453. The molecule has 1 atom stereocenters. The molecule has 0 amide bonds. The highest BCUT2D eigenvalue weighted by molar-refractivity contribution is 5.20. The molecule has 17 heavy (non-hydrogen) atoms. The Labute approximate surface area is 99.5 Å². The summed E-state index contributed by atoms with van der Waals surface area (Å²) in [5, 5.41) is 10.4. The van der Waals surface area contributed by atoms with Crippen LogP contribution in [0.2, 0.25) is 0 Å². The molecule has 0 aliphatic carbocycles. The van der Waals surface area contributed by atoms with Gasteiger partial charge in [0, 0.05) is 25.9 Å². The van der Waals surface area contributed by atoms with Gasteiger partial charge < -0.3 is 9.67 Å².